The fourth-order valence-corrected chi connectivity index (χ4v) is 3.94. The van der Waals surface area contributed by atoms with Crippen molar-refractivity contribution in [2.45, 2.75) is 38.5 Å². The molecule has 0 aliphatic carbocycles. The van der Waals surface area contributed by atoms with E-state index in [0.717, 1.165) is 32.9 Å². The Kier molecular flexibility index (Phi) is 14.7. The molecule has 0 saturated heterocycles. The molecular weight excluding hydrogens is 616 g/mol. The number of hydrogen-bond donors (Lipinski definition) is 2. The predicted molar refractivity (Wildman–Crippen MR) is 159 cm³/mol. The average molecular weight is 648 g/mol. The fourth-order valence-electron chi connectivity index (χ4n) is 3.18. The number of benzene rings is 2. The number of amides is 2. The summed E-state index contributed by atoms with van der Waals surface area (Å²) in [5.41, 5.74) is 6.56. The molecule has 0 radical (unpaired) electrons. The lowest BCUT2D eigenvalue weighted by atomic mass is 10.1. The Morgan fingerprint density at radius 1 is 0.737 bits per heavy atom. The van der Waals surface area contributed by atoms with Crippen molar-refractivity contribution >= 4 is 56.1 Å². The van der Waals surface area contributed by atoms with Crippen molar-refractivity contribution in [3.8, 4) is 11.5 Å². The molecule has 38 heavy (non-hydrogen) atoms. The van der Waals surface area contributed by atoms with Gasteiger partial charge in [-0.2, -0.15) is 10.2 Å². The van der Waals surface area contributed by atoms with Gasteiger partial charge in [0.25, 0.3) is 0 Å². The molecule has 10 heteroatoms. The van der Waals surface area contributed by atoms with E-state index in [1.165, 1.54) is 0 Å². The molecule has 2 rings (SSSR count). The van der Waals surface area contributed by atoms with E-state index >= 15 is 0 Å². The van der Waals surface area contributed by atoms with Crippen LogP contribution in [0, 0.1) is 0 Å². The van der Waals surface area contributed by atoms with Crippen molar-refractivity contribution in [2.24, 2.45) is 10.2 Å². The number of rotatable bonds is 17. The van der Waals surface area contributed by atoms with Crippen molar-refractivity contribution < 1.29 is 19.1 Å². The second kappa shape index (κ2) is 18.1. The molecule has 0 unspecified atom stereocenters. The van der Waals surface area contributed by atoms with E-state index in [4.69, 9.17) is 9.47 Å². The van der Waals surface area contributed by atoms with E-state index < -0.39 is 0 Å². The van der Waals surface area contributed by atoms with Gasteiger partial charge in [0, 0.05) is 32.9 Å². The lowest BCUT2D eigenvalue weighted by molar-refractivity contribution is -0.122. The zero-order chi connectivity index (χ0) is 27.6. The standard InChI is InChI=1S/C28H32Br2N4O4/c1-3-15-37-25-13-11-23(29)17-21(25)19-31-33-27(35)9-7-5-6-8-10-28(36)34-32-20-22-18-24(30)12-14-26(22)38-16-4-2/h3-4,11-14,17-20H,1-2,5-10,15-16H2,(H,33,35)(H,34,36). The van der Waals surface area contributed by atoms with Crippen LogP contribution in [-0.4, -0.2) is 37.5 Å². The normalized spacial score (nSPS) is 10.9. The van der Waals surface area contributed by atoms with Gasteiger partial charge < -0.3 is 9.47 Å². The van der Waals surface area contributed by atoms with Crippen molar-refractivity contribution in [2.75, 3.05) is 13.2 Å². The fraction of sp³-hybridized carbons (Fsp3) is 0.286. The molecular formula is C28H32Br2N4O4. The maximum Gasteiger partial charge on any atom is 0.240 e. The molecule has 0 aliphatic heterocycles. The third-order valence-electron chi connectivity index (χ3n) is 5.00. The van der Waals surface area contributed by atoms with Gasteiger partial charge in [-0.15, -0.1) is 0 Å². The number of hydrogen-bond acceptors (Lipinski definition) is 6. The van der Waals surface area contributed by atoms with Crippen LogP contribution in [0.2, 0.25) is 0 Å². The highest BCUT2D eigenvalue weighted by atomic mass is 79.9. The van der Waals surface area contributed by atoms with E-state index in [0.29, 0.717) is 50.4 Å². The minimum absolute atomic E-state index is 0.166. The summed E-state index contributed by atoms with van der Waals surface area (Å²) in [4.78, 5) is 24.1. The van der Waals surface area contributed by atoms with Gasteiger partial charge in [-0.25, -0.2) is 10.9 Å². The van der Waals surface area contributed by atoms with Crippen molar-refractivity contribution in [3.05, 3.63) is 81.8 Å². The van der Waals surface area contributed by atoms with Gasteiger partial charge in [-0.05, 0) is 49.2 Å². The highest BCUT2D eigenvalue weighted by molar-refractivity contribution is 9.10. The summed E-state index contributed by atoms with van der Waals surface area (Å²) in [6.07, 6.45) is 10.2. The molecule has 0 atom stereocenters. The maximum atomic E-state index is 12.1. The van der Waals surface area contributed by atoms with Crippen LogP contribution in [0.5, 0.6) is 11.5 Å². The SMILES string of the molecule is C=CCOc1ccc(Br)cc1C=NNC(=O)CCCCCCC(=O)NN=Cc1cc(Br)ccc1OCC=C. The van der Waals surface area contributed by atoms with Crippen molar-refractivity contribution in [3.63, 3.8) is 0 Å². The Hall–Kier alpha value is -3.24. The second-order valence-corrected chi connectivity index (χ2v) is 9.90. The Balaban J connectivity index is 1.63. The van der Waals surface area contributed by atoms with Gasteiger partial charge in [0.15, 0.2) is 0 Å². The Morgan fingerprint density at radius 3 is 1.55 bits per heavy atom. The largest absolute Gasteiger partial charge is 0.489 e. The molecule has 2 aromatic carbocycles. The van der Waals surface area contributed by atoms with E-state index in [-0.39, 0.29) is 11.8 Å². The summed E-state index contributed by atoms with van der Waals surface area (Å²) in [7, 11) is 0. The molecule has 0 heterocycles. The third-order valence-corrected chi connectivity index (χ3v) is 5.99. The molecule has 0 saturated carbocycles. The first-order chi connectivity index (χ1) is 18.4. The molecule has 0 fully saturated rings. The molecule has 2 N–H and O–H groups in total. The van der Waals surface area contributed by atoms with E-state index in [9.17, 15) is 9.59 Å². The Labute approximate surface area is 240 Å². The number of ether oxygens (including phenoxy) is 2. The summed E-state index contributed by atoms with van der Waals surface area (Å²) >= 11 is 6.84. The second-order valence-electron chi connectivity index (χ2n) is 8.06. The van der Waals surface area contributed by atoms with Crippen LogP contribution in [0.4, 0.5) is 0 Å². The molecule has 0 spiro atoms. The first-order valence-corrected chi connectivity index (χ1v) is 13.7. The number of nitrogens with one attached hydrogen (secondary N) is 2. The van der Waals surface area contributed by atoms with Gasteiger partial charge in [-0.1, -0.05) is 70.0 Å². The Morgan fingerprint density at radius 2 is 1.16 bits per heavy atom. The molecule has 0 aliphatic rings. The summed E-state index contributed by atoms with van der Waals surface area (Å²) in [6, 6.07) is 11.1. The minimum Gasteiger partial charge on any atom is -0.489 e. The monoisotopic (exact) mass is 646 g/mol. The van der Waals surface area contributed by atoms with Gasteiger partial charge in [0.2, 0.25) is 11.8 Å². The van der Waals surface area contributed by atoms with Gasteiger partial charge >= 0.3 is 0 Å². The zero-order valence-electron chi connectivity index (χ0n) is 21.1. The van der Waals surface area contributed by atoms with Crippen LogP contribution in [-0.2, 0) is 9.59 Å². The Bertz CT molecular complexity index is 1060. The highest BCUT2D eigenvalue weighted by Gasteiger charge is 2.05. The highest BCUT2D eigenvalue weighted by Crippen LogP contribution is 2.22. The van der Waals surface area contributed by atoms with Crippen LogP contribution in [0.3, 0.4) is 0 Å². The number of nitrogens with zero attached hydrogens (tertiary/aromatic N) is 2. The lowest BCUT2D eigenvalue weighted by Crippen LogP contribution is -2.17. The quantitative estimate of drug-likeness (QED) is 0.0913. The summed E-state index contributed by atoms with van der Waals surface area (Å²) < 4.78 is 12.9. The zero-order valence-corrected chi connectivity index (χ0v) is 24.3. The van der Waals surface area contributed by atoms with Crippen LogP contribution >= 0.6 is 31.9 Å². The predicted octanol–water partition coefficient (Wildman–Crippen LogP) is 6.28. The summed E-state index contributed by atoms with van der Waals surface area (Å²) in [5.74, 6) is 0.967. The van der Waals surface area contributed by atoms with Crippen LogP contribution in [0.25, 0.3) is 0 Å². The van der Waals surface area contributed by atoms with E-state index in [1.54, 1.807) is 24.6 Å². The molecule has 2 amide bonds. The van der Waals surface area contributed by atoms with Crippen LogP contribution in [0.1, 0.15) is 49.7 Å². The average Bonchev–Trinajstić information content (AvgIpc) is 2.89. The molecule has 0 bridgehead atoms. The minimum atomic E-state index is -0.166. The maximum absolute atomic E-state index is 12.1. The first kappa shape index (κ1) is 31.0. The summed E-state index contributed by atoms with van der Waals surface area (Å²) in [6.45, 7) is 8.04. The molecule has 8 nitrogen and oxygen atoms in total. The lowest BCUT2D eigenvalue weighted by Gasteiger charge is -2.07. The molecule has 202 valence electrons. The molecule has 2 aromatic rings. The van der Waals surface area contributed by atoms with Gasteiger partial charge in [-0.3, -0.25) is 9.59 Å². The van der Waals surface area contributed by atoms with Gasteiger partial charge in [0.1, 0.15) is 24.7 Å². The van der Waals surface area contributed by atoms with Gasteiger partial charge in [0.05, 0.1) is 12.4 Å². The first-order valence-electron chi connectivity index (χ1n) is 12.1. The number of halogens is 2. The topological polar surface area (TPSA) is 101 Å². The number of carbonyl (C=O) groups is 2. The van der Waals surface area contributed by atoms with Crippen LogP contribution < -0.4 is 20.3 Å². The smallest absolute Gasteiger partial charge is 0.240 e. The van der Waals surface area contributed by atoms with Crippen molar-refractivity contribution in [1.29, 1.82) is 0 Å². The summed E-state index contributed by atoms with van der Waals surface area (Å²) in [5, 5.41) is 8.07. The number of carbonyl (C=O) groups excluding carboxylic acids is 2. The number of hydrazone groups is 2. The van der Waals surface area contributed by atoms with Crippen LogP contribution in [0.15, 0.2) is 80.9 Å². The van der Waals surface area contributed by atoms with E-state index in [1.807, 2.05) is 36.4 Å². The van der Waals surface area contributed by atoms with E-state index in [2.05, 4.69) is 66.1 Å². The molecule has 0 aromatic heterocycles. The van der Waals surface area contributed by atoms with Crippen molar-refractivity contribution in [1.82, 2.24) is 10.9 Å². The third kappa shape index (κ3) is 12.3. The number of unbranched alkanes of at least 4 members (excludes halogenated alkanes) is 3.